The Balaban J connectivity index is 1.71. The Bertz CT molecular complexity index is 956. The molecule has 3 aromatic rings. The summed E-state index contributed by atoms with van der Waals surface area (Å²) in [5.41, 5.74) is 2.30. The highest BCUT2D eigenvalue weighted by Crippen LogP contribution is 2.24. The van der Waals surface area contributed by atoms with E-state index < -0.39 is 0 Å². The first-order valence-electron chi connectivity index (χ1n) is 9.33. The molecule has 1 N–H and O–H groups in total. The van der Waals surface area contributed by atoms with Gasteiger partial charge < -0.3 is 9.73 Å². The monoisotopic (exact) mass is 375 g/mol. The minimum atomic E-state index is -0.286. The van der Waals surface area contributed by atoms with Gasteiger partial charge in [0.2, 0.25) is 17.5 Å². The molecule has 0 bridgehead atoms. The fraction of sp³-hybridized carbons (Fsp3) is 0.217. The van der Waals surface area contributed by atoms with Gasteiger partial charge in [-0.2, -0.15) is 10.2 Å². The van der Waals surface area contributed by atoms with Crippen LogP contribution in [0.4, 0.5) is 10.3 Å². The first-order valence-corrected chi connectivity index (χ1v) is 9.33. The van der Waals surface area contributed by atoms with Crippen molar-refractivity contribution in [3.63, 3.8) is 0 Å². The third-order valence-corrected chi connectivity index (χ3v) is 4.46. The summed E-state index contributed by atoms with van der Waals surface area (Å²) in [6.07, 6.45) is 5.53. The van der Waals surface area contributed by atoms with Crippen LogP contribution >= 0.6 is 0 Å². The van der Waals surface area contributed by atoms with Crippen LogP contribution in [0.2, 0.25) is 0 Å². The summed E-state index contributed by atoms with van der Waals surface area (Å²) in [5.74, 6) is 0.737. The van der Waals surface area contributed by atoms with E-state index in [9.17, 15) is 9.65 Å². The second-order valence-corrected chi connectivity index (χ2v) is 6.50. The summed E-state index contributed by atoms with van der Waals surface area (Å²) in [7, 11) is 0. The largest absolute Gasteiger partial charge is 0.420 e. The van der Waals surface area contributed by atoms with Crippen LogP contribution < -0.4 is 5.32 Å². The smallest absolute Gasteiger partial charge is 0.232 e. The third kappa shape index (κ3) is 5.08. The maximum absolute atomic E-state index is 13.0. The SMILES string of the molecule is CCCC(CNc1oc(/C=C/c2ccc(F)cc2)nc1C#N)c1ccccc1. The van der Waals surface area contributed by atoms with Crippen LogP contribution in [0.3, 0.4) is 0 Å². The molecular weight excluding hydrogens is 353 g/mol. The van der Waals surface area contributed by atoms with E-state index in [1.807, 2.05) is 18.2 Å². The summed E-state index contributed by atoms with van der Waals surface area (Å²) < 4.78 is 18.7. The van der Waals surface area contributed by atoms with Crippen molar-refractivity contribution >= 4 is 18.0 Å². The lowest BCUT2D eigenvalue weighted by Gasteiger charge is -2.17. The Morgan fingerprint density at radius 1 is 1.14 bits per heavy atom. The Labute approximate surface area is 164 Å². The standard InChI is InChI=1S/C23H22FN3O/c1-2-6-19(18-7-4-3-5-8-18)16-26-23-21(15-25)27-22(28-23)14-11-17-9-12-20(24)13-10-17/h3-5,7-14,19,26H,2,6,16H2,1H3/b14-11+. The Hall–Kier alpha value is -3.39. The van der Waals surface area contributed by atoms with Crippen molar-refractivity contribution in [2.45, 2.75) is 25.7 Å². The van der Waals surface area contributed by atoms with E-state index in [2.05, 4.69) is 35.4 Å². The molecule has 0 aliphatic rings. The van der Waals surface area contributed by atoms with Gasteiger partial charge in [0.05, 0.1) is 0 Å². The van der Waals surface area contributed by atoms with Crippen molar-refractivity contribution in [2.75, 3.05) is 11.9 Å². The Kier molecular flexibility index (Phi) is 6.59. The molecule has 1 unspecified atom stereocenters. The molecule has 0 aliphatic carbocycles. The van der Waals surface area contributed by atoms with E-state index in [-0.39, 0.29) is 11.5 Å². The number of benzene rings is 2. The van der Waals surface area contributed by atoms with E-state index in [1.165, 1.54) is 17.7 Å². The highest BCUT2D eigenvalue weighted by molar-refractivity contribution is 5.67. The summed E-state index contributed by atoms with van der Waals surface area (Å²) in [6, 6.07) is 18.5. The van der Waals surface area contributed by atoms with Crippen molar-refractivity contribution in [3.05, 3.63) is 83.1 Å². The van der Waals surface area contributed by atoms with Crippen LogP contribution in [-0.4, -0.2) is 11.5 Å². The van der Waals surface area contributed by atoms with Gasteiger partial charge in [-0.15, -0.1) is 0 Å². The maximum atomic E-state index is 13.0. The van der Waals surface area contributed by atoms with Gasteiger partial charge in [0.1, 0.15) is 11.9 Å². The van der Waals surface area contributed by atoms with Gasteiger partial charge in [-0.05, 0) is 35.8 Å². The molecule has 142 valence electrons. The minimum Gasteiger partial charge on any atom is -0.420 e. The Morgan fingerprint density at radius 3 is 2.57 bits per heavy atom. The predicted octanol–water partition coefficient (Wildman–Crippen LogP) is 5.85. The number of aromatic nitrogens is 1. The number of hydrogen-bond acceptors (Lipinski definition) is 4. The molecule has 3 rings (SSSR count). The molecule has 1 atom stereocenters. The molecule has 0 amide bonds. The molecule has 0 aliphatic heterocycles. The quantitative estimate of drug-likeness (QED) is 0.536. The van der Waals surface area contributed by atoms with Crippen molar-refractivity contribution < 1.29 is 8.81 Å². The van der Waals surface area contributed by atoms with Gasteiger partial charge in [-0.3, -0.25) is 0 Å². The van der Waals surface area contributed by atoms with Crippen molar-refractivity contribution in [1.82, 2.24) is 4.98 Å². The average molecular weight is 375 g/mol. The number of nitrogens with zero attached hydrogens (tertiary/aromatic N) is 2. The fourth-order valence-corrected chi connectivity index (χ4v) is 3.02. The van der Waals surface area contributed by atoms with Gasteiger partial charge in [-0.1, -0.05) is 55.8 Å². The lowest BCUT2D eigenvalue weighted by atomic mass is 9.94. The van der Waals surface area contributed by atoms with E-state index >= 15 is 0 Å². The molecule has 0 saturated heterocycles. The molecular formula is C23H22FN3O. The lowest BCUT2D eigenvalue weighted by Crippen LogP contribution is -2.13. The number of rotatable bonds is 8. The van der Waals surface area contributed by atoms with Gasteiger partial charge >= 0.3 is 0 Å². The van der Waals surface area contributed by atoms with E-state index in [0.717, 1.165) is 18.4 Å². The number of nitriles is 1. The topological polar surface area (TPSA) is 61.9 Å². The van der Waals surface area contributed by atoms with Crippen LogP contribution in [0.1, 0.15) is 48.4 Å². The van der Waals surface area contributed by atoms with Crippen LogP contribution in [0.15, 0.2) is 59.0 Å². The first-order chi connectivity index (χ1) is 13.7. The molecule has 0 saturated carbocycles. The molecule has 28 heavy (non-hydrogen) atoms. The molecule has 5 heteroatoms. The van der Waals surface area contributed by atoms with Gasteiger partial charge in [-0.25, -0.2) is 4.39 Å². The minimum absolute atomic E-state index is 0.224. The molecule has 1 aromatic heterocycles. The number of anilines is 1. The summed E-state index contributed by atoms with van der Waals surface area (Å²) in [5, 5.41) is 12.6. The molecule has 4 nitrogen and oxygen atoms in total. The van der Waals surface area contributed by atoms with E-state index in [4.69, 9.17) is 4.42 Å². The first kappa shape index (κ1) is 19.4. The zero-order valence-electron chi connectivity index (χ0n) is 15.7. The van der Waals surface area contributed by atoms with E-state index in [1.54, 1.807) is 24.3 Å². The van der Waals surface area contributed by atoms with Crippen LogP contribution in [0, 0.1) is 17.1 Å². The molecule has 0 radical (unpaired) electrons. The second kappa shape index (κ2) is 9.52. The number of halogens is 1. The fourth-order valence-electron chi connectivity index (χ4n) is 3.02. The predicted molar refractivity (Wildman–Crippen MR) is 109 cm³/mol. The number of hydrogen-bond donors (Lipinski definition) is 1. The molecule has 2 aromatic carbocycles. The maximum Gasteiger partial charge on any atom is 0.232 e. The van der Waals surface area contributed by atoms with Crippen molar-refractivity contribution in [2.24, 2.45) is 0 Å². The van der Waals surface area contributed by atoms with E-state index in [0.29, 0.717) is 24.2 Å². The summed E-state index contributed by atoms with van der Waals surface area (Å²) in [6.45, 7) is 2.81. The van der Waals surface area contributed by atoms with Gasteiger partial charge in [0, 0.05) is 18.5 Å². The average Bonchev–Trinajstić information content (AvgIpc) is 3.13. The summed E-state index contributed by atoms with van der Waals surface area (Å²) in [4.78, 5) is 4.21. The third-order valence-electron chi connectivity index (χ3n) is 4.46. The van der Waals surface area contributed by atoms with Crippen LogP contribution in [0.5, 0.6) is 0 Å². The summed E-state index contributed by atoms with van der Waals surface area (Å²) >= 11 is 0. The number of oxazole rings is 1. The van der Waals surface area contributed by atoms with Crippen molar-refractivity contribution in [3.8, 4) is 6.07 Å². The zero-order chi connectivity index (χ0) is 19.8. The molecule has 1 heterocycles. The Morgan fingerprint density at radius 2 is 1.89 bits per heavy atom. The van der Waals surface area contributed by atoms with Crippen LogP contribution in [0.25, 0.3) is 12.2 Å². The number of nitrogens with one attached hydrogen (secondary N) is 1. The van der Waals surface area contributed by atoms with Crippen molar-refractivity contribution in [1.29, 1.82) is 5.26 Å². The highest BCUT2D eigenvalue weighted by atomic mass is 19.1. The van der Waals surface area contributed by atoms with Crippen LogP contribution in [-0.2, 0) is 0 Å². The zero-order valence-corrected chi connectivity index (χ0v) is 15.7. The normalized spacial score (nSPS) is 12.0. The lowest BCUT2D eigenvalue weighted by molar-refractivity contribution is 0.549. The van der Waals surface area contributed by atoms with Gasteiger partial charge in [0.15, 0.2) is 0 Å². The second-order valence-electron chi connectivity index (χ2n) is 6.50. The van der Waals surface area contributed by atoms with Gasteiger partial charge in [0.25, 0.3) is 0 Å². The molecule has 0 fully saturated rings. The highest BCUT2D eigenvalue weighted by Gasteiger charge is 2.15. The molecule has 0 spiro atoms.